The summed E-state index contributed by atoms with van der Waals surface area (Å²) < 4.78 is 13.7. The number of fused-ring (bicyclic) bond motifs is 1. The fraction of sp³-hybridized carbons (Fsp3) is 0.171. The van der Waals surface area contributed by atoms with Gasteiger partial charge in [-0.1, -0.05) is 96.2 Å². The molecular formula is C35H32ClN5O3S. The Balaban J connectivity index is 1.35. The summed E-state index contributed by atoms with van der Waals surface area (Å²) in [6.45, 7) is 4.24. The lowest BCUT2D eigenvalue weighted by Gasteiger charge is -2.29. The van der Waals surface area contributed by atoms with Crippen molar-refractivity contribution in [3.05, 3.63) is 136 Å². The van der Waals surface area contributed by atoms with Gasteiger partial charge in [0.1, 0.15) is 12.6 Å². The maximum absolute atomic E-state index is 14.0. The first-order chi connectivity index (χ1) is 21.9. The second-order valence-corrected chi connectivity index (χ2v) is 11.9. The van der Waals surface area contributed by atoms with Crippen LogP contribution in [-0.2, 0) is 17.2 Å². The molecule has 1 atom stereocenters. The van der Waals surface area contributed by atoms with Crippen LogP contribution in [-0.4, -0.2) is 27.8 Å². The van der Waals surface area contributed by atoms with Crippen LogP contribution in [0.1, 0.15) is 35.2 Å². The molecule has 5 aromatic rings. The van der Waals surface area contributed by atoms with Gasteiger partial charge in [0, 0.05) is 22.2 Å². The van der Waals surface area contributed by atoms with Crippen LogP contribution in [0.15, 0.2) is 113 Å². The Labute approximate surface area is 271 Å². The fourth-order valence-corrected chi connectivity index (χ4v) is 6.28. The lowest BCUT2D eigenvalue weighted by Crippen LogP contribution is -2.31. The molecule has 0 bridgehead atoms. The third-order valence-corrected chi connectivity index (χ3v) is 8.78. The van der Waals surface area contributed by atoms with Crippen molar-refractivity contribution in [1.82, 2.24) is 14.8 Å². The van der Waals surface area contributed by atoms with Crippen LogP contribution in [0.3, 0.4) is 0 Å². The van der Waals surface area contributed by atoms with Gasteiger partial charge in [-0.3, -0.25) is 4.79 Å². The summed E-state index contributed by atoms with van der Waals surface area (Å²) in [5.74, 6) is 2.04. The fourth-order valence-electron chi connectivity index (χ4n) is 5.16. The topological polar surface area (TPSA) is 90.3 Å². The van der Waals surface area contributed by atoms with Crippen LogP contribution in [0.2, 0.25) is 5.02 Å². The lowest BCUT2D eigenvalue weighted by molar-refractivity contribution is -0.113. The highest BCUT2D eigenvalue weighted by atomic mass is 35.5. The van der Waals surface area contributed by atoms with E-state index in [2.05, 4.69) is 10.6 Å². The second kappa shape index (κ2) is 13.5. The van der Waals surface area contributed by atoms with Gasteiger partial charge in [-0.25, -0.2) is 4.68 Å². The first kappa shape index (κ1) is 30.3. The number of thioether (sulfide) groups is 1. The van der Waals surface area contributed by atoms with Crippen molar-refractivity contribution in [1.29, 1.82) is 0 Å². The smallest absolute Gasteiger partial charge is 0.255 e. The number of allylic oxidation sites excluding steroid dienone is 1. The molecule has 0 saturated carbocycles. The van der Waals surface area contributed by atoms with E-state index in [0.717, 1.165) is 27.9 Å². The number of rotatable bonds is 10. The van der Waals surface area contributed by atoms with Crippen LogP contribution in [0.5, 0.6) is 11.5 Å². The highest BCUT2D eigenvalue weighted by Gasteiger charge is 2.35. The Morgan fingerprint density at radius 2 is 1.73 bits per heavy atom. The van der Waals surface area contributed by atoms with Gasteiger partial charge in [0.05, 0.1) is 12.7 Å². The number of carbonyl (C=O) groups is 1. The number of nitrogens with one attached hydrogen (secondary N) is 2. The number of para-hydroxylation sites is 1. The molecule has 45 heavy (non-hydrogen) atoms. The predicted octanol–water partition coefficient (Wildman–Crippen LogP) is 8.05. The second-order valence-electron chi connectivity index (χ2n) is 10.6. The van der Waals surface area contributed by atoms with E-state index < -0.39 is 6.04 Å². The highest BCUT2D eigenvalue weighted by Crippen LogP contribution is 2.40. The van der Waals surface area contributed by atoms with E-state index >= 15 is 0 Å². The van der Waals surface area contributed by atoms with Crippen molar-refractivity contribution >= 4 is 40.9 Å². The molecule has 1 aliphatic rings. The van der Waals surface area contributed by atoms with E-state index in [1.165, 1.54) is 11.8 Å². The minimum Gasteiger partial charge on any atom is -0.493 e. The maximum Gasteiger partial charge on any atom is 0.255 e. The maximum atomic E-state index is 14.0. The number of hydrogen-bond donors (Lipinski definition) is 2. The summed E-state index contributed by atoms with van der Waals surface area (Å²) in [5.41, 5.74) is 5.73. The molecule has 0 radical (unpaired) electrons. The number of aromatic nitrogens is 3. The Kier molecular flexibility index (Phi) is 9.09. The number of hydrogen-bond acceptors (Lipinski definition) is 7. The number of anilines is 2. The number of aryl methyl sites for hydroxylation is 1. The van der Waals surface area contributed by atoms with Gasteiger partial charge < -0.3 is 20.1 Å². The minimum absolute atomic E-state index is 0.242. The van der Waals surface area contributed by atoms with Crippen LogP contribution in [0.25, 0.3) is 0 Å². The molecule has 0 saturated heterocycles. The van der Waals surface area contributed by atoms with E-state index in [1.807, 2.05) is 111 Å². The Morgan fingerprint density at radius 3 is 2.51 bits per heavy atom. The van der Waals surface area contributed by atoms with Gasteiger partial charge in [-0.15, -0.1) is 5.10 Å². The van der Waals surface area contributed by atoms with Gasteiger partial charge >= 0.3 is 0 Å². The molecule has 4 aromatic carbocycles. The van der Waals surface area contributed by atoms with Gasteiger partial charge in [0.15, 0.2) is 11.5 Å². The Morgan fingerprint density at radius 1 is 0.978 bits per heavy atom. The molecule has 1 aromatic heterocycles. The van der Waals surface area contributed by atoms with Crippen LogP contribution < -0.4 is 20.1 Å². The van der Waals surface area contributed by atoms with Gasteiger partial charge in [-0.2, -0.15) is 4.98 Å². The average molecular weight is 638 g/mol. The van der Waals surface area contributed by atoms with E-state index in [1.54, 1.807) is 11.8 Å². The van der Waals surface area contributed by atoms with Crippen molar-refractivity contribution in [3.8, 4) is 11.5 Å². The van der Waals surface area contributed by atoms with Crippen molar-refractivity contribution in [3.63, 3.8) is 0 Å². The molecule has 6 rings (SSSR count). The monoisotopic (exact) mass is 637 g/mol. The summed E-state index contributed by atoms with van der Waals surface area (Å²) in [5, 5.41) is 12.5. The molecule has 0 aliphatic carbocycles. The molecule has 1 unspecified atom stereocenters. The molecule has 0 fully saturated rings. The zero-order valence-corrected chi connectivity index (χ0v) is 26.7. The average Bonchev–Trinajstić information content (AvgIpc) is 3.46. The highest BCUT2D eigenvalue weighted by molar-refractivity contribution is 7.98. The van der Waals surface area contributed by atoms with Crippen molar-refractivity contribution < 1.29 is 14.3 Å². The van der Waals surface area contributed by atoms with Crippen molar-refractivity contribution in [2.24, 2.45) is 0 Å². The summed E-state index contributed by atoms with van der Waals surface area (Å²) >= 11 is 7.88. The van der Waals surface area contributed by atoms with Crippen LogP contribution in [0.4, 0.5) is 11.6 Å². The Bertz CT molecular complexity index is 1870. The van der Waals surface area contributed by atoms with Crippen molar-refractivity contribution in [2.75, 3.05) is 17.7 Å². The number of carbonyl (C=O) groups excluding carboxylic acids is 1. The molecule has 0 spiro atoms. The normalized spacial score (nSPS) is 14.0. The van der Waals surface area contributed by atoms with Crippen LogP contribution >= 0.6 is 23.4 Å². The quantitative estimate of drug-likeness (QED) is 0.150. The summed E-state index contributed by atoms with van der Waals surface area (Å²) in [6, 6.07) is 30.5. The van der Waals surface area contributed by atoms with E-state index in [9.17, 15) is 4.79 Å². The van der Waals surface area contributed by atoms with E-state index in [4.69, 9.17) is 31.2 Å². The zero-order chi connectivity index (χ0) is 31.3. The molecule has 2 N–H and O–H groups in total. The number of ether oxygens (including phenoxy) is 2. The molecule has 1 amide bonds. The van der Waals surface area contributed by atoms with Gasteiger partial charge in [-0.05, 0) is 60.4 Å². The van der Waals surface area contributed by atoms with Gasteiger partial charge in [0.25, 0.3) is 5.91 Å². The first-order valence-corrected chi connectivity index (χ1v) is 15.8. The van der Waals surface area contributed by atoms with Crippen LogP contribution in [0, 0.1) is 6.92 Å². The zero-order valence-electron chi connectivity index (χ0n) is 25.1. The molecular weight excluding hydrogens is 606 g/mol. The summed E-state index contributed by atoms with van der Waals surface area (Å²) in [4.78, 5) is 18.8. The SMILES string of the molecule is COc1cc(C2C(C(=O)Nc3ccccc3C)=C(C)Nc3nc(SCc4ccccc4Cl)nn32)ccc1OCc1ccccc1. The number of benzene rings is 4. The summed E-state index contributed by atoms with van der Waals surface area (Å²) in [6.07, 6.45) is 0. The third-order valence-electron chi connectivity index (χ3n) is 7.53. The molecule has 2 heterocycles. The molecule has 8 nitrogen and oxygen atoms in total. The Hall–Kier alpha value is -4.73. The first-order valence-electron chi connectivity index (χ1n) is 14.4. The standard InChI is InChI=1S/C35H32ClN5O3S/c1-22-11-7-10-16-28(22)38-33(42)31-23(2)37-34-39-35(45-21-26-14-8-9-15-27(26)36)40-41(34)32(31)25-17-18-29(30(19-25)43-3)44-20-24-12-5-4-6-13-24/h4-19,32H,20-21H2,1-3H3,(H,38,42)(H,37,39,40). The summed E-state index contributed by atoms with van der Waals surface area (Å²) in [7, 11) is 1.61. The number of halogens is 1. The minimum atomic E-state index is -0.593. The van der Waals surface area contributed by atoms with Crippen molar-refractivity contribution in [2.45, 2.75) is 37.4 Å². The predicted molar refractivity (Wildman–Crippen MR) is 179 cm³/mol. The molecule has 1 aliphatic heterocycles. The number of nitrogens with zero attached hydrogens (tertiary/aromatic N) is 3. The molecule has 10 heteroatoms. The van der Waals surface area contributed by atoms with E-state index in [0.29, 0.717) is 51.3 Å². The number of amides is 1. The third kappa shape index (κ3) is 6.69. The molecule has 228 valence electrons. The van der Waals surface area contributed by atoms with Gasteiger partial charge in [0.2, 0.25) is 11.1 Å². The lowest BCUT2D eigenvalue weighted by atomic mass is 9.94. The number of methoxy groups -OCH3 is 1. The largest absolute Gasteiger partial charge is 0.493 e. The van der Waals surface area contributed by atoms with E-state index in [-0.39, 0.29) is 5.91 Å².